The largest absolute Gasteiger partial charge is 0.490 e. The van der Waals surface area contributed by atoms with Crippen LogP contribution in [-0.2, 0) is 9.47 Å². The number of rotatable bonds is 6. The summed E-state index contributed by atoms with van der Waals surface area (Å²) in [6.45, 7) is 2.32. The fraction of sp³-hybridized carbons (Fsp3) is 0.300. The van der Waals surface area contributed by atoms with Crippen LogP contribution in [0.1, 0.15) is 20.7 Å². The van der Waals surface area contributed by atoms with E-state index < -0.39 is 16.8 Å². The quantitative estimate of drug-likeness (QED) is 0.434. The normalized spacial score (nSPS) is 13.5. The number of benzene rings is 2. The van der Waals surface area contributed by atoms with E-state index in [9.17, 15) is 19.7 Å². The molecule has 0 bridgehead atoms. The van der Waals surface area contributed by atoms with Gasteiger partial charge in [-0.05, 0) is 30.3 Å². The number of esters is 1. The van der Waals surface area contributed by atoms with Gasteiger partial charge in [0.2, 0.25) is 0 Å². The third-order valence-electron chi connectivity index (χ3n) is 4.66. The number of nitrogens with one attached hydrogen (secondary N) is 1. The van der Waals surface area contributed by atoms with Crippen molar-refractivity contribution >= 4 is 28.9 Å². The number of carbonyl (C=O) groups excluding carboxylic acids is 2. The third kappa shape index (κ3) is 4.49. The van der Waals surface area contributed by atoms with Crippen molar-refractivity contribution in [3.8, 4) is 5.75 Å². The Kier molecular flexibility index (Phi) is 6.48. The highest BCUT2D eigenvalue weighted by atomic mass is 16.6. The van der Waals surface area contributed by atoms with Gasteiger partial charge in [-0.25, -0.2) is 4.79 Å². The lowest BCUT2D eigenvalue weighted by molar-refractivity contribution is -0.385. The van der Waals surface area contributed by atoms with Crippen LogP contribution in [-0.4, -0.2) is 57.3 Å². The fourth-order valence-corrected chi connectivity index (χ4v) is 3.13. The minimum atomic E-state index is -0.618. The summed E-state index contributed by atoms with van der Waals surface area (Å²) in [5.74, 6) is -1.05. The van der Waals surface area contributed by atoms with Gasteiger partial charge in [-0.3, -0.25) is 14.9 Å². The number of hydrogen-bond acceptors (Lipinski definition) is 8. The molecule has 0 atom stereocenters. The van der Waals surface area contributed by atoms with E-state index in [2.05, 4.69) is 5.32 Å². The maximum Gasteiger partial charge on any atom is 0.337 e. The molecule has 30 heavy (non-hydrogen) atoms. The zero-order chi connectivity index (χ0) is 21.7. The average Bonchev–Trinajstić information content (AvgIpc) is 2.78. The molecule has 1 heterocycles. The van der Waals surface area contributed by atoms with Gasteiger partial charge in [0.1, 0.15) is 0 Å². The molecule has 1 fully saturated rings. The van der Waals surface area contributed by atoms with Crippen molar-refractivity contribution in [2.75, 3.05) is 50.7 Å². The molecule has 158 valence electrons. The van der Waals surface area contributed by atoms with Crippen LogP contribution in [0.3, 0.4) is 0 Å². The van der Waals surface area contributed by atoms with Crippen molar-refractivity contribution in [1.29, 1.82) is 0 Å². The van der Waals surface area contributed by atoms with Crippen LogP contribution in [0.2, 0.25) is 0 Å². The number of nitro benzene ring substituents is 1. The second-order valence-corrected chi connectivity index (χ2v) is 6.42. The summed E-state index contributed by atoms with van der Waals surface area (Å²) < 4.78 is 15.1. The molecule has 2 aromatic rings. The van der Waals surface area contributed by atoms with Crippen LogP contribution in [0.5, 0.6) is 5.75 Å². The molecule has 3 rings (SSSR count). The van der Waals surface area contributed by atoms with Crippen molar-refractivity contribution < 1.29 is 28.7 Å². The number of nitrogens with zero attached hydrogens (tertiary/aromatic N) is 2. The Labute approximate surface area is 172 Å². The van der Waals surface area contributed by atoms with Gasteiger partial charge in [0.15, 0.2) is 5.75 Å². The van der Waals surface area contributed by atoms with E-state index in [1.807, 2.05) is 4.90 Å². The molecular weight excluding hydrogens is 394 g/mol. The Morgan fingerprint density at radius 3 is 2.43 bits per heavy atom. The lowest BCUT2D eigenvalue weighted by atomic mass is 10.1. The first-order valence-corrected chi connectivity index (χ1v) is 9.13. The minimum Gasteiger partial charge on any atom is -0.490 e. The van der Waals surface area contributed by atoms with Gasteiger partial charge in [0.25, 0.3) is 5.91 Å². The first-order chi connectivity index (χ1) is 14.4. The minimum absolute atomic E-state index is 0.0539. The Morgan fingerprint density at radius 1 is 1.10 bits per heavy atom. The molecule has 0 saturated carbocycles. The molecule has 0 spiro atoms. The van der Waals surface area contributed by atoms with Crippen molar-refractivity contribution in [2.24, 2.45) is 0 Å². The third-order valence-corrected chi connectivity index (χ3v) is 4.66. The lowest BCUT2D eigenvalue weighted by Gasteiger charge is -2.30. The summed E-state index contributed by atoms with van der Waals surface area (Å²) in [7, 11) is 2.59. The van der Waals surface area contributed by atoms with E-state index in [1.165, 1.54) is 32.4 Å². The van der Waals surface area contributed by atoms with Crippen LogP contribution in [0, 0.1) is 10.1 Å². The molecule has 1 N–H and O–H groups in total. The first-order valence-electron chi connectivity index (χ1n) is 9.13. The highest BCUT2D eigenvalue weighted by Gasteiger charge is 2.21. The summed E-state index contributed by atoms with van der Waals surface area (Å²) in [6, 6.07) is 8.80. The fourth-order valence-electron chi connectivity index (χ4n) is 3.13. The molecule has 10 nitrogen and oxygen atoms in total. The number of carbonyl (C=O) groups is 2. The molecule has 0 unspecified atom stereocenters. The van der Waals surface area contributed by atoms with Crippen molar-refractivity contribution in [1.82, 2.24) is 0 Å². The number of amides is 1. The molecule has 10 heteroatoms. The van der Waals surface area contributed by atoms with Crippen LogP contribution in [0.15, 0.2) is 36.4 Å². The van der Waals surface area contributed by atoms with Gasteiger partial charge in [-0.15, -0.1) is 0 Å². The molecule has 1 saturated heterocycles. The molecule has 1 aliphatic heterocycles. The molecule has 0 radical (unpaired) electrons. The summed E-state index contributed by atoms with van der Waals surface area (Å²) in [5.41, 5.74) is 1.14. The van der Waals surface area contributed by atoms with Gasteiger partial charge in [-0.1, -0.05) is 0 Å². The SMILES string of the molecule is COC(=O)c1ccc(N2CCOCC2)c(NC(=O)c2ccc(OC)c([N+](=O)[O-])c2)c1. The Morgan fingerprint density at radius 2 is 1.80 bits per heavy atom. The monoisotopic (exact) mass is 415 g/mol. The maximum absolute atomic E-state index is 12.8. The molecule has 1 amide bonds. The van der Waals surface area contributed by atoms with E-state index in [0.29, 0.717) is 37.7 Å². The Bertz CT molecular complexity index is 971. The van der Waals surface area contributed by atoms with Gasteiger partial charge in [-0.2, -0.15) is 0 Å². The summed E-state index contributed by atoms with van der Waals surface area (Å²) in [5, 5.41) is 14.0. The van der Waals surface area contributed by atoms with Crippen molar-refractivity contribution in [3.05, 3.63) is 57.6 Å². The zero-order valence-electron chi connectivity index (χ0n) is 16.5. The topological polar surface area (TPSA) is 120 Å². The van der Waals surface area contributed by atoms with E-state index in [4.69, 9.17) is 14.2 Å². The average molecular weight is 415 g/mol. The molecule has 0 aliphatic carbocycles. The Balaban J connectivity index is 1.95. The summed E-state index contributed by atoms with van der Waals surface area (Å²) in [4.78, 5) is 37.4. The van der Waals surface area contributed by atoms with Gasteiger partial charge in [0.05, 0.1) is 49.3 Å². The number of morpholine rings is 1. The smallest absolute Gasteiger partial charge is 0.337 e. The molecular formula is C20H21N3O7. The summed E-state index contributed by atoms with van der Waals surface area (Å²) in [6.07, 6.45) is 0. The number of ether oxygens (including phenoxy) is 3. The summed E-state index contributed by atoms with van der Waals surface area (Å²) >= 11 is 0. The second kappa shape index (κ2) is 9.23. The van der Waals surface area contributed by atoms with E-state index in [-0.39, 0.29) is 22.6 Å². The lowest BCUT2D eigenvalue weighted by Crippen LogP contribution is -2.36. The van der Waals surface area contributed by atoms with Crippen LogP contribution in [0.25, 0.3) is 0 Å². The number of hydrogen-bond donors (Lipinski definition) is 1. The standard InChI is InChI=1S/C20H21N3O7/c1-28-18-6-4-13(12-17(18)23(26)27)19(24)21-15-11-14(20(25)29-2)3-5-16(15)22-7-9-30-10-8-22/h3-6,11-12H,7-10H2,1-2H3,(H,21,24). The number of anilines is 2. The van der Waals surface area contributed by atoms with Crippen molar-refractivity contribution in [3.63, 3.8) is 0 Å². The van der Waals surface area contributed by atoms with Gasteiger partial charge >= 0.3 is 11.7 Å². The first kappa shape index (κ1) is 21.1. The van der Waals surface area contributed by atoms with E-state index >= 15 is 0 Å². The number of methoxy groups -OCH3 is 2. The van der Waals surface area contributed by atoms with Gasteiger partial charge < -0.3 is 24.4 Å². The van der Waals surface area contributed by atoms with Crippen molar-refractivity contribution in [2.45, 2.75) is 0 Å². The molecule has 2 aromatic carbocycles. The maximum atomic E-state index is 12.8. The molecule has 1 aliphatic rings. The van der Waals surface area contributed by atoms with E-state index in [0.717, 1.165) is 6.07 Å². The second-order valence-electron chi connectivity index (χ2n) is 6.42. The predicted octanol–water partition coefficient (Wildman–Crippen LogP) is 2.48. The molecule has 0 aromatic heterocycles. The highest BCUT2D eigenvalue weighted by Crippen LogP contribution is 2.31. The number of nitro groups is 1. The highest BCUT2D eigenvalue weighted by molar-refractivity contribution is 6.07. The zero-order valence-corrected chi connectivity index (χ0v) is 16.5. The Hall–Kier alpha value is -3.66. The van der Waals surface area contributed by atoms with Crippen LogP contribution in [0.4, 0.5) is 17.1 Å². The van der Waals surface area contributed by atoms with Crippen LogP contribution < -0.4 is 15.0 Å². The van der Waals surface area contributed by atoms with Crippen LogP contribution >= 0.6 is 0 Å². The van der Waals surface area contributed by atoms with Gasteiger partial charge in [0, 0.05) is 24.7 Å². The predicted molar refractivity (Wildman–Crippen MR) is 108 cm³/mol. The van der Waals surface area contributed by atoms with E-state index in [1.54, 1.807) is 12.1 Å².